The molecule has 3 amide bonds. The largest absolute Gasteiger partial charge is 0.495 e. The molecule has 3 aromatic rings. The summed E-state index contributed by atoms with van der Waals surface area (Å²) in [7, 11) is 3.27. The number of benzene rings is 3. The minimum atomic E-state index is -0.212. The zero-order valence-electron chi connectivity index (χ0n) is 24.6. The second-order valence-electron chi connectivity index (χ2n) is 11.4. The second-order valence-corrected chi connectivity index (χ2v) is 12.2. The van der Waals surface area contributed by atoms with E-state index in [1.807, 2.05) is 41.3 Å². The second kappa shape index (κ2) is 13.9. The third-order valence-corrected chi connectivity index (χ3v) is 9.44. The standard InChI is InChI=1S/C33H37Cl2N5O3/c1-38(32(41)30-27-7-4-3-6-23(27)18-25(20-36)31(30)43-2)21-24(22-8-9-28(34)29(35)19-22)10-15-39-16-11-26(12-17-39)40-14-5-13-37-33(40)42/h3-4,6-9,18-19,24,26H,5,10-17,21H2,1-2H3,(H,37,42)/t24-/m1/s1. The number of carbonyl (C=O) groups excluding carboxylic acids is 2. The average molecular weight is 623 g/mol. The van der Waals surface area contributed by atoms with Crippen LogP contribution in [0.5, 0.6) is 5.75 Å². The number of fused-ring (bicyclic) bond motifs is 1. The lowest BCUT2D eigenvalue weighted by atomic mass is 9.93. The van der Waals surface area contributed by atoms with Crippen molar-refractivity contribution in [3.8, 4) is 11.8 Å². The van der Waals surface area contributed by atoms with Gasteiger partial charge < -0.3 is 24.8 Å². The summed E-state index contributed by atoms with van der Waals surface area (Å²) in [6.45, 7) is 4.71. The molecule has 8 nitrogen and oxygen atoms in total. The fourth-order valence-corrected chi connectivity index (χ4v) is 6.67. The van der Waals surface area contributed by atoms with Crippen molar-refractivity contribution < 1.29 is 14.3 Å². The van der Waals surface area contributed by atoms with Gasteiger partial charge in [-0.1, -0.05) is 53.5 Å². The number of nitrogens with zero attached hydrogens (tertiary/aromatic N) is 4. The first-order valence-corrected chi connectivity index (χ1v) is 15.5. The molecule has 2 aliphatic rings. The molecule has 0 spiro atoms. The molecular weight excluding hydrogens is 585 g/mol. The highest BCUT2D eigenvalue weighted by Gasteiger charge is 2.30. The van der Waals surface area contributed by atoms with Crippen LogP contribution in [0.3, 0.4) is 0 Å². The Kier molecular flexibility index (Phi) is 9.97. The number of halogens is 2. The summed E-state index contributed by atoms with van der Waals surface area (Å²) < 4.78 is 5.61. The molecule has 5 rings (SSSR count). The zero-order chi connectivity index (χ0) is 30.5. The minimum Gasteiger partial charge on any atom is -0.495 e. The van der Waals surface area contributed by atoms with Gasteiger partial charge in [-0.15, -0.1) is 0 Å². The molecule has 3 aromatic carbocycles. The number of nitriles is 1. The Hall–Kier alpha value is -3.51. The van der Waals surface area contributed by atoms with E-state index in [0.717, 1.165) is 74.7 Å². The number of carbonyl (C=O) groups is 2. The van der Waals surface area contributed by atoms with Gasteiger partial charge in [0.2, 0.25) is 0 Å². The van der Waals surface area contributed by atoms with E-state index < -0.39 is 0 Å². The Bertz CT molecular complexity index is 1530. The predicted octanol–water partition coefficient (Wildman–Crippen LogP) is 6.15. The molecule has 226 valence electrons. The molecule has 1 N–H and O–H groups in total. The number of nitrogens with one attached hydrogen (secondary N) is 1. The lowest BCUT2D eigenvalue weighted by Gasteiger charge is -2.40. The van der Waals surface area contributed by atoms with Crippen LogP contribution in [0.25, 0.3) is 10.8 Å². The molecule has 0 aromatic heterocycles. The van der Waals surface area contributed by atoms with Crippen molar-refractivity contribution in [3.05, 3.63) is 75.3 Å². The Labute approximate surface area is 263 Å². The van der Waals surface area contributed by atoms with E-state index in [1.165, 1.54) is 7.11 Å². The van der Waals surface area contributed by atoms with Crippen molar-refractivity contribution in [1.29, 1.82) is 5.26 Å². The Morgan fingerprint density at radius 3 is 2.60 bits per heavy atom. The van der Waals surface area contributed by atoms with Gasteiger partial charge in [0.15, 0.2) is 0 Å². The maximum atomic E-state index is 14.1. The van der Waals surface area contributed by atoms with Crippen molar-refractivity contribution in [2.24, 2.45) is 0 Å². The summed E-state index contributed by atoms with van der Waals surface area (Å²) >= 11 is 12.7. The third kappa shape index (κ3) is 6.85. The van der Waals surface area contributed by atoms with E-state index in [1.54, 1.807) is 24.1 Å². The first kappa shape index (κ1) is 30.9. The monoisotopic (exact) mass is 621 g/mol. The van der Waals surface area contributed by atoms with Crippen LogP contribution in [-0.4, -0.2) is 86.1 Å². The molecule has 1 atom stereocenters. The van der Waals surface area contributed by atoms with Gasteiger partial charge in [-0.05, 0) is 66.8 Å². The highest BCUT2D eigenvalue weighted by molar-refractivity contribution is 6.42. The van der Waals surface area contributed by atoms with E-state index in [-0.39, 0.29) is 29.6 Å². The molecule has 43 heavy (non-hydrogen) atoms. The van der Waals surface area contributed by atoms with Crippen LogP contribution in [0, 0.1) is 11.3 Å². The van der Waals surface area contributed by atoms with Crippen molar-refractivity contribution >= 4 is 45.9 Å². The molecular formula is C33H37Cl2N5O3. The first-order valence-electron chi connectivity index (χ1n) is 14.8. The lowest BCUT2D eigenvalue weighted by Crippen LogP contribution is -2.54. The molecule has 0 bridgehead atoms. The van der Waals surface area contributed by atoms with Crippen molar-refractivity contribution in [3.63, 3.8) is 0 Å². The summed E-state index contributed by atoms with van der Waals surface area (Å²) in [5, 5.41) is 15.3. The normalized spacial score (nSPS) is 16.9. The number of urea groups is 1. The van der Waals surface area contributed by atoms with Crippen molar-refractivity contribution in [1.82, 2.24) is 20.0 Å². The van der Waals surface area contributed by atoms with Crippen LogP contribution < -0.4 is 10.1 Å². The molecule has 2 heterocycles. The van der Waals surface area contributed by atoms with E-state index in [4.69, 9.17) is 27.9 Å². The number of rotatable bonds is 9. The van der Waals surface area contributed by atoms with Crippen LogP contribution in [-0.2, 0) is 0 Å². The van der Waals surface area contributed by atoms with Crippen molar-refractivity contribution in [2.45, 2.75) is 37.6 Å². The zero-order valence-corrected chi connectivity index (χ0v) is 26.1. The number of piperidine rings is 1. The quantitative estimate of drug-likeness (QED) is 0.309. The van der Waals surface area contributed by atoms with Gasteiger partial charge in [0.05, 0.1) is 28.3 Å². The molecule has 0 aliphatic carbocycles. The van der Waals surface area contributed by atoms with Gasteiger partial charge in [-0.2, -0.15) is 5.26 Å². The van der Waals surface area contributed by atoms with E-state index in [2.05, 4.69) is 16.3 Å². The summed E-state index contributed by atoms with van der Waals surface area (Å²) in [6, 6.07) is 17.5. The smallest absolute Gasteiger partial charge is 0.317 e. The highest BCUT2D eigenvalue weighted by Crippen LogP contribution is 2.34. The van der Waals surface area contributed by atoms with Gasteiger partial charge >= 0.3 is 6.03 Å². The van der Waals surface area contributed by atoms with Crippen LogP contribution >= 0.6 is 23.2 Å². The number of ether oxygens (including phenoxy) is 1. The molecule has 2 aliphatic heterocycles. The van der Waals surface area contributed by atoms with Gasteiger partial charge in [0.1, 0.15) is 11.8 Å². The van der Waals surface area contributed by atoms with E-state index >= 15 is 0 Å². The Balaban J connectivity index is 1.33. The first-order chi connectivity index (χ1) is 20.8. The van der Waals surface area contributed by atoms with Crippen LogP contribution in [0.15, 0.2) is 48.5 Å². The van der Waals surface area contributed by atoms with Gasteiger partial charge in [-0.3, -0.25) is 4.79 Å². The number of likely N-dealkylation sites (tertiary alicyclic amines) is 1. The maximum Gasteiger partial charge on any atom is 0.317 e. The minimum absolute atomic E-state index is 0.00859. The molecule has 2 saturated heterocycles. The third-order valence-electron chi connectivity index (χ3n) is 8.70. The molecule has 0 radical (unpaired) electrons. The van der Waals surface area contributed by atoms with Gasteiger partial charge in [0.25, 0.3) is 5.91 Å². The lowest BCUT2D eigenvalue weighted by molar-refractivity contribution is 0.0776. The Morgan fingerprint density at radius 2 is 1.91 bits per heavy atom. The highest BCUT2D eigenvalue weighted by atomic mass is 35.5. The fourth-order valence-electron chi connectivity index (χ4n) is 6.36. The molecule has 0 unspecified atom stereocenters. The summed E-state index contributed by atoms with van der Waals surface area (Å²) in [5.74, 6) is 0.0657. The van der Waals surface area contributed by atoms with Crippen LogP contribution in [0.1, 0.15) is 53.1 Å². The topological polar surface area (TPSA) is 88.9 Å². The number of likely N-dealkylation sites (N-methyl/N-ethyl adjacent to an activating group) is 1. The number of hydrogen-bond acceptors (Lipinski definition) is 5. The van der Waals surface area contributed by atoms with Crippen molar-refractivity contribution in [2.75, 3.05) is 53.4 Å². The summed E-state index contributed by atoms with van der Waals surface area (Å²) in [6.07, 6.45) is 3.70. The Morgan fingerprint density at radius 1 is 1.14 bits per heavy atom. The predicted molar refractivity (Wildman–Crippen MR) is 170 cm³/mol. The molecule has 2 fully saturated rings. The SMILES string of the molecule is COc1c(C#N)cc2ccccc2c1C(=O)N(C)C[C@@H](CCN1CCC(N2CCCNC2=O)CC1)c1ccc(Cl)c(Cl)c1. The van der Waals surface area contributed by atoms with Crippen LogP contribution in [0.2, 0.25) is 10.0 Å². The average Bonchev–Trinajstić information content (AvgIpc) is 3.03. The summed E-state index contributed by atoms with van der Waals surface area (Å²) in [4.78, 5) is 32.5. The fraction of sp³-hybridized carbons (Fsp3) is 0.424. The van der Waals surface area contributed by atoms with E-state index in [9.17, 15) is 14.9 Å². The maximum absolute atomic E-state index is 14.1. The molecule has 0 saturated carbocycles. The number of methoxy groups -OCH3 is 1. The number of amides is 3. The van der Waals surface area contributed by atoms with Gasteiger partial charge in [0, 0.05) is 51.7 Å². The molecule has 10 heteroatoms. The van der Waals surface area contributed by atoms with Gasteiger partial charge in [-0.25, -0.2) is 4.79 Å². The summed E-state index contributed by atoms with van der Waals surface area (Å²) in [5.41, 5.74) is 1.72. The number of hydrogen-bond donors (Lipinski definition) is 1. The van der Waals surface area contributed by atoms with Crippen LogP contribution in [0.4, 0.5) is 4.79 Å². The van der Waals surface area contributed by atoms with E-state index in [0.29, 0.717) is 27.7 Å².